The smallest absolute Gasteiger partial charge is 0.311 e. The van der Waals surface area contributed by atoms with E-state index in [-0.39, 0.29) is 0 Å². The van der Waals surface area contributed by atoms with E-state index in [2.05, 4.69) is 5.32 Å². The van der Waals surface area contributed by atoms with Crippen molar-refractivity contribution in [2.75, 3.05) is 40.0 Å². The van der Waals surface area contributed by atoms with Gasteiger partial charge in [0.15, 0.2) is 0 Å². The summed E-state index contributed by atoms with van der Waals surface area (Å²) in [7, 11) is 1.62. The lowest BCUT2D eigenvalue weighted by Crippen LogP contribution is -2.46. The lowest BCUT2D eigenvalue weighted by atomic mass is 9.78. The summed E-state index contributed by atoms with van der Waals surface area (Å²) >= 11 is 0. The number of ether oxygens (including phenoxy) is 2. The van der Waals surface area contributed by atoms with E-state index < -0.39 is 11.4 Å². The van der Waals surface area contributed by atoms with Crippen LogP contribution in [0.1, 0.15) is 19.3 Å². The summed E-state index contributed by atoms with van der Waals surface area (Å²) in [6.45, 7) is 3.03. The van der Waals surface area contributed by atoms with Gasteiger partial charge in [-0.1, -0.05) is 0 Å². The molecule has 5 heteroatoms. The molecule has 1 saturated heterocycles. The second-order valence-corrected chi connectivity index (χ2v) is 4.22. The lowest BCUT2D eigenvalue weighted by Gasteiger charge is -2.33. The Morgan fingerprint density at radius 2 is 2.25 bits per heavy atom. The van der Waals surface area contributed by atoms with Crippen molar-refractivity contribution in [3.63, 3.8) is 0 Å². The third-order valence-corrected chi connectivity index (χ3v) is 3.08. The van der Waals surface area contributed by atoms with Crippen LogP contribution in [0.15, 0.2) is 0 Å². The second-order valence-electron chi connectivity index (χ2n) is 4.22. The van der Waals surface area contributed by atoms with Crippen LogP contribution >= 0.6 is 0 Å². The van der Waals surface area contributed by atoms with Crippen LogP contribution in [-0.4, -0.2) is 51.1 Å². The van der Waals surface area contributed by atoms with E-state index in [1.807, 2.05) is 0 Å². The van der Waals surface area contributed by atoms with E-state index in [1.165, 1.54) is 0 Å². The van der Waals surface area contributed by atoms with Crippen molar-refractivity contribution in [2.24, 2.45) is 5.41 Å². The van der Waals surface area contributed by atoms with E-state index in [1.54, 1.807) is 7.11 Å². The van der Waals surface area contributed by atoms with Crippen molar-refractivity contribution in [1.82, 2.24) is 5.32 Å². The molecule has 1 atom stereocenters. The van der Waals surface area contributed by atoms with Gasteiger partial charge in [0.25, 0.3) is 0 Å². The Labute approximate surface area is 96.1 Å². The number of hydrogen-bond acceptors (Lipinski definition) is 4. The number of piperidine rings is 1. The molecule has 5 nitrogen and oxygen atoms in total. The molecule has 0 radical (unpaired) electrons. The predicted molar refractivity (Wildman–Crippen MR) is 59.5 cm³/mol. The quantitative estimate of drug-likeness (QED) is 0.624. The van der Waals surface area contributed by atoms with Gasteiger partial charge in [0.1, 0.15) is 0 Å². The highest BCUT2D eigenvalue weighted by Crippen LogP contribution is 2.30. The highest BCUT2D eigenvalue weighted by molar-refractivity contribution is 5.75. The maximum absolute atomic E-state index is 11.3. The van der Waals surface area contributed by atoms with Crippen molar-refractivity contribution in [2.45, 2.75) is 19.3 Å². The topological polar surface area (TPSA) is 67.8 Å². The summed E-state index contributed by atoms with van der Waals surface area (Å²) < 4.78 is 10.2. The van der Waals surface area contributed by atoms with Crippen LogP contribution in [0.25, 0.3) is 0 Å². The van der Waals surface area contributed by atoms with Crippen molar-refractivity contribution in [3.8, 4) is 0 Å². The molecule has 0 saturated carbocycles. The third kappa shape index (κ3) is 3.73. The lowest BCUT2D eigenvalue weighted by molar-refractivity contribution is -0.151. The van der Waals surface area contributed by atoms with Crippen LogP contribution in [0.5, 0.6) is 0 Å². The molecule has 0 aromatic rings. The first-order valence-corrected chi connectivity index (χ1v) is 5.72. The normalized spacial score (nSPS) is 25.6. The average molecular weight is 231 g/mol. The first-order valence-electron chi connectivity index (χ1n) is 5.72. The van der Waals surface area contributed by atoms with Gasteiger partial charge in [-0.15, -0.1) is 0 Å². The molecule has 1 aliphatic heterocycles. The van der Waals surface area contributed by atoms with Gasteiger partial charge in [-0.2, -0.15) is 0 Å². The molecular formula is C11H21NO4. The molecule has 0 aromatic heterocycles. The minimum Gasteiger partial charge on any atom is -0.481 e. The number of methoxy groups -OCH3 is 1. The SMILES string of the molecule is COCCOCCC1(C(=O)O)CCCNC1. The monoisotopic (exact) mass is 231 g/mol. The maximum atomic E-state index is 11.3. The van der Waals surface area contributed by atoms with Gasteiger partial charge in [-0.05, 0) is 25.8 Å². The van der Waals surface area contributed by atoms with Gasteiger partial charge in [0.2, 0.25) is 0 Å². The van der Waals surface area contributed by atoms with Gasteiger partial charge >= 0.3 is 5.97 Å². The molecule has 0 bridgehead atoms. The molecule has 2 N–H and O–H groups in total. The molecule has 0 amide bonds. The Kier molecular flexibility index (Phi) is 5.73. The number of rotatable bonds is 7. The number of carbonyl (C=O) groups is 1. The zero-order valence-electron chi connectivity index (χ0n) is 9.83. The highest BCUT2D eigenvalue weighted by atomic mass is 16.5. The number of aliphatic carboxylic acids is 1. The van der Waals surface area contributed by atoms with Gasteiger partial charge in [0.05, 0.1) is 18.6 Å². The van der Waals surface area contributed by atoms with Crippen LogP contribution in [0, 0.1) is 5.41 Å². The summed E-state index contributed by atoms with van der Waals surface area (Å²) in [5, 5.41) is 12.4. The first-order chi connectivity index (χ1) is 7.71. The first kappa shape index (κ1) is 13.4. The summed E-state index contributed by atoms with van der Waals surface area (Å²) in [6, 6.07) is 0. The van der Waals surface area contributed by atoms with Crippen LogP contribution < -0.4 is 5.32 Å². The minimum absolute atomic E-state index is 0.483. The molecule has 94 valence electrons. The van der Waals surface area contributed by atoms with Crippen molar-refractivity contribution >= 4 is 5.97 Å². The fraction of sp³-hybridized carbons (Fsp3) is 0.909. The van der Waals surface area contributed by atoms with Crippen LogP contribution in [0.4, 0.5) is 0 Å². The van der Waals surface area contributed by atoms with E-state index in [0.29, 0.717) is 32.8 Å². The summed E-state index contributed by atoms with van der Waals surface area (Å²) in [5.74, 6) is -0.713. The van der Waals surface area contributed by atoms with Gasteiger partial charge in [-0.25, -0.2) is 0 Å². The predicted octanol–water partition coefficient (Wildman–Crippen LogP) is 0.494. The number of carboxylic acid groups (broad SMARTS) is 1. The molecule has 1 heterocycles. The summed E-state index contributed by atoms with van der Waals surface area (Å²) in [6.07, 6.45) is 2.23. The van der Waals surface area contributed by atoms with Crippen molar-refractivity contribution in [3.05, 3.63) is 0 Å². The molecular weight excluding hydrogens is 210 g/mol. The second kappa shape index (κ2) is 6.83. The highest BCUT2D eigenvalue weighted by Gasteiger charge is 2.39. The number of nitrogens with one attached hydrogen (secondary N) is 1. The Morgan fingerprint density at radius 3 is 2.81 bits per heavy atom. The van der Waals surface area contributed by atoms with Crippen LogP contribution in [0.2, 0.25) is 0 Å². The molecule has 1 fully saturated rings. The number of carboxylic acids is 1. The van der Waals surface area contributed by atoms with Gasteiger partial charge in [0, 0.05) is 20.3 Å². The number of hydrogen-bond donors (Lipinski definition) is 2. The molecule has 16 heavy (non-hydrogen) atoms. The Bertz CT molecular complexity index is 214. The van der Waals surface area contributed by atoms with Crippen LogP contribution in [0.3, 0.4) is 0 Å². The largest absolute Gasteiger partial charge is 0.481 e. The van der Waals surface area contributed by atoms with E-state index in [0.717, 1.165) is 19.4 Å². The average Bonchev–Trinajstić information content (AvgIpc) is 2.30. The molecule has 1 rings (SSSR count). The van der Waals surface area contributed by atoms with E-state index >= 15 is 0 Å². The van der Waals surface area contributed by atoms with E-state index in [9.17, 15) is 9.90 Å². The zero-order valence-corrected chi connectivity index (χ0v) is 9.83. The molecule has 0 aliphatic carbocycles. The van der Waals surface area contributed by atoms with Gasteiger partial charge in [-0.3, -0.25) is 4.79 Å². The third-order valence-electron chi connectivity index (χ3n) is 3.08. The van der Waals surface area contributed by atoms with Gasteiger partial charge < -0.3 is 19.9 Å². The standard InChI is InChI=1S/C11H21NO4/c1-15-7-8-16-6-4-11(10(13)14)3-2-5-12-9-11/h12H,2-9H2,1H3,(H,13,14). The molecule has 1 aliphatic rings. The molecule has 0 spiro atoms. The fourth-order valence-corrected chi connectivity index (χ4v) is 1.98. The van der Waals surface area contributed by atoms with E-state index in [4.69, 9.17) is 9.47 Å². The Hall–Kier alpha value is -0.650. The zero-order chi connectivity index (χ0) is 11.9. The fourth-order valence-electron chi connectivity index (χ4n) is 1.98. The summed E-state index contributed by atoms with van der Waals surface area (Å²) in [5.41, 5.74) is -0.634. The minimum atomic E-state index is -0.713. The molecule has 0 aromatic carbocycles. The van der Waals surface area contributed by atoms with Crippen LogP contribution in [-0.2, 0) is 14.3 Å². The van der Waals surface area contributed by atoms with Crippen molar-refractivity contribution in [1.29, 1.82) is 0 Å². The summed E-state index contributed by atoms with van der Waals surface area (Å²) in [4.78, 5) is 11.3. The van der Waals surface area contributed by atoms with Crippen molar-refractivity contribution < 1.29 is 19.4 Å². The molecule has 1 unspecified atom stereocenters. The maximum Gasteiger partial charge on any atom is 0.311 e. The Morgan fingerprint density at radius 1 is 1.44 bits per heavy atom. The Balaban J connectivity index is 2.30.